The predicted molar refractivity (Wildman–Crippen MR) is 121 cm³/mol. The van der Waals surface area contributed by atoms with Crippen molar-refractivity contribution in [1.29, 1.82) is 0 Å². The molecule has 2 aliphatic heterocycles. The van der Waals surface area contributed by atoms with Crippen LogP contribution in [0.3, 0.4) is 0 Å². The lowest BCUT2D eigenvalue weighted by Crippen LogP contribution is -2.73. The molecule has 2 heterocycles. The highest BCUT2D eigenvalue weighted by Crippen LogP contribution is 2.57. The average Bonchev–Trinajstić information content (AvgIpc) is 3.50. The number of esters is 1. The third kappa shape index (κ3) is 4.71. The molecule has 1 aliphatic carbocycles. The standard InChI is InChI=1S/C25H35N3O5/c1-24(2,3)33-22(30)19-16-25(10-11-25)17-28(4,23(31)32)20(19)21(29)27-14-12-26(13-15-27)18-8-6-5-7-9-18/h5-9,19-20H,10-17H2,1-4H3/t19-,20-,28?/m0/s1. The second-order valence-electron chi connectivity index (χ2n) is 11.1. The number of likely N-dealkylation sites (N-methyl/N-ethyl adjacent to an activating group) is 1. The number of nitrogens with zero attached hydrogens (tertiary/aromatic N) is 3. The summed E-state index contributed by atoms with van der Waals surface area (Å²) in [5.41, 5.74) is 0.157. The van der Waals surface area contributed by atoms with Crippen LogP contribution in [0.5, 0.6) is 0 Å². The van der Waals surface area contributed by atoms with Gasteiger partial charge in [0, 0.05) is 37.3 Å². The average molecular weight is 458 g/mol. The molecule has 0 bridgehead atoms. The molecule has 1 saturated carbocycles. The fourth-order valence-corrected chi connectivity index (χ4v) is 5.57. The zero-order valence-corrected chi connectivity index (χ0v) is 20.1. The van der Waals surface area contributed by atoms with Crippen molar-refractivity contribution in [3.05, 3.63) is 30.3 Å². The number of carbonyl (C=O) groups excluding carboxylic acids is 3. The third-order valence-electron chi connectivity index (χ3n) is 7.36. The van der Waals surface area contributed by atoms with E-state index in [1.807, 2.05) is 30.3 Å². The summed E-state index contributed by atoms with van der Waals surface area (Å²) in [5, 5.41) is 12.4. The van der Waals surface area contributed by atoms with Crippen LogP contribution < -0.4 is 10.0 Å². The molecule has 3 aliphatic rings. The summed E-state index contributed by atoms with van der Waals surface area (Å²) in [7, 11) is 1.54. The second-order valence-corrected chi connectivity index (χ2v) is 11.1. The van der Waals surface area contributed by atoms with Gasteiger partial charge in [-0.15, -0.1) is 0 Å². The number of hydrogen-bond acceptors (Lipinski definition) is 6. The highest BCUT2D eigenvalue weighted by molar-refractivity contribution is 5.89. The van der Waals surface area contributed by atoms with Gasteiger partial charge in [-0.2, -0.15) is 0 Å². The zero-order chi connectivity index (χ0) is 24.0. The van der Waals surface area contributed by atoms with Gasteiger partial charge in [0.15, 0.2) is 6.04 Å². The van der Waals surface area contributed by atoms with Crippen molar-refractivity contribution in [2.45, 2.75) is 51.7 Å². The first-order valence-electron chi connectivity index (χ1n) is 11.8. The number of piperidine rings is 1. The van der Waals surface area contributed by atoms with Crippen molar-refractivity contribution in [1.82, 2.24) is 4.90 Å². The molecule has 1 aromatic rings. The van der Waals surface area contributed by atoms with E-state index in [2.05, 4.69) is 4.90 Å². The zero-order valence-electron chi connectivity index (χ0n) is 20.1. The van der Waals surface area contributed by atoms with Gasteiger partial charge in [0.2, 0.25) is 0 Å². The molecule has 1 aromatic carbocycles. The number of hydrogen-bond donors (Lipinski definition) is 0. The van der Waals surface area contributed by atoms with E-state index in [1.165, 1.54) is 7.05 Å². The van der Waals surface area contributed by atoms with Crippen molar-refractivity contribution < 1.29 is 28.7 Å². The Morgan fingerprint density at radius 3 is 2.18 bits per heavy atom. The third-order valence-corrected chi connectivity index (χ3v) is 7.36. The maximum absolute atomic E-state index is 13.8. The number of anilines is 1. The van der Waals surface area contributed by atoms with Crippen LogP contribution in [0.2, 0.25) is 0 Å². The largest absolute Gasteiger partial charge is 0.498 e. The van der Waals surface area contributed by atoms with Gasteiger partial charge in [-0.25, -0.2) is 0 Å². The lowest BCUT2D eigenvalue weighted by molar-refractivity contribution is -0.886. The van der Waals surface area contributed by atoms with Crippen LogP contribution in [0.1, 0.15) is 40.0 Å². The number of amides is 2. The molecule has 3 atom stereocenters. The Hall–Kier alpha value is -2.61. The molecule has 3 fully saturated rings. The summed E-state index contributed by atoms with van der Waals surface area (Å²) < 4.78 is 5.10. The van der Waals surface area contributed by atoms with Crippen LogP contribution in [-0.4, -0.2) is 78.8 Å². The number of benzene rings is 1. The Morgan fingerprint density at radius 1 is 1.06 bits per heavy atom. The van der Waals surface area contributed by atoms with E-state index in [4.69, 9.17) is 4.74 Å². The molecule has 8 nitrogen and oxygen atoms in total. The highest BCUT2D eigenvalue weighted by Gasteiger charge is 2.64. The molecule has 0 aromatic heterocycles. The van der Waals surface area contributed by atoms with Crippen molar-refractivity contribution >= 4 is 23.7 Å². The quantitative estimate of drug-likeness (QED) is 0.506. The number of piperazine rings is 1. The fraction of sp³-hybridized carbons (Fsp3) is 0.640. The van der Waals surface area contributed by atoms with Gasteiger partial charge in [-0.05, 0) is 52.2 Å². The fourth-order valence-electron chi connectivity index (χ4n) is 5.57. The van der Waals surface area contributed by atoms with Crippen LogP contribution in [0.25, 0.3) is 0 Å². The van der Waals surface area contributed by atoms with Gasteiger partial charge >= 0.3 is 5.97 Å². The van der Waals surface area contributed by atoms with Crippen LogP contribution in [-0.2, 0) is 14.3 Å². The minimum Gasteiger partial charge on any atom is -0.498 e. The molecule has 0 N–H and O–H groups in total. The van der Waals surface area contributed by atoms with Crippen molar-refractivity contribution in [3.8, 4) is 0 Å². The van der Waals surface area contributed by atoms with Gasteiger partial charge in [0.1, 0.15) is 11.5 Å². The number of ether oxygens (including phenoxy) is 1. The first-order valence-corrected chi connectivity index (χ1v) is 11.8. The summed E-state index contributed by atoms with van der Waals surface area (Å²) in [5.74, 6) is -1.58. The Bertz CT molecular complexity index is 916. The van der Waals surface area contributed by atoms with Crippen LogP contribution in [0.15, 0.2) is 30.3 Å². The van der Waals surface area contributed by atoms with Gasteiger partial charge < -0.3 is 24.4 Å². The predicted octanol–water partition coefficient (Wildman–Crippen LogP) is 1.64. The molecule has 2 amide bonds. The van der Waals surface area contributed by atoms with Crippen molar-refractivity contribution in [2.75, 3.05) is 44.7 Å². The normalized spacial score (nSPS) is 29.0. The van der Waals surface area contributed by atoms with E-state index in [9.17, 15) is 19.5 Å². The van der Waals surface area contributed by atoms with E-state index in [1.54, 1.807) is 25.7 Å². The molecule has 0 radical (unpaired) electrons. The molecule has 1 spiro atoms. The Balaban J connectivity index is 1.58. The molecular weight excluding hydrogens is 422 g/mol. The van der Waals surface area contributed by atoms with Gasteiger partial charge in [-0.1, -0.05) is 18.2 Å². The van der Waals surface area contributed by atoms with E-state index in [-0.39, 0.29) is 11.3 Å². The SMILES string of the molecule is CC(C)(C)OC(=O)[C@H]1CC2(CC2)C[N+](C)(C(=O)[O-])[C@@H]1C(=O)N1CCN(c2ccccc2)CC1. The topological polar surface area (TPSA) is 90.0 Å². The number of carboxylic acid groups (broad SMARTS) is 1. The van der Waals surface area contributed by atoms with Gasteiger partial charge in [0.25, 0.3) is 12.0 Å². The van der Waals surface area contributed by atoms with E-state index in [0.29, 0.717) is 39.1 Å². The molecule has 33 heavy (non-hydrogen) atoms. The Kier molecular flexibility index (Phi) is 5.93. The highest BCUT2D eigenvalue weighted by atomic mass is 16.6. The maximum Gasteiger partial charge on any atom is 0.316 e. The lowest BCUT2D eigenvalue weighted by Gasteiger charge is -2.50. The number of quaternary nitrogens is 1. The van der Waals surface area contributed by atoms with Crippen molar-refractivity contribution in [2.24, 2.45) is 11.3 Å². The molecule has 8 heteroatoms. The van der Waals surface area contributed by atoms with E-state index < -0.39 is 34.1 Å². The summed E-state index contributed by atoms with van der Waals surface area (Å²) in [6.45, 7) is 7.92. The van der Waals surface area contributed by atoms with E-state index >= 15 is 0 Å². The number of carbonyl (C=O) groups is 3. The number of likely N-dealkylation sites (tertiary alicyclic amines) is 1. The van der Waals surface area contributed by atoms with Crippen LogP contribution in [0, 0.1) is 11.3 Å². The Morgan fingerprint density at radius 2 is 1.67 bits per heavy atom. The molecule has 4 rings (SSSR count). The first-order chi connectivity index (χ1) is 15.4. The summed E-state index contributed by atoms with van der Waals surface area (Å²) in [4.78, 5) is 43.4. The minimum atomic E-state index is -1.31. The number of para-hydroxylation sites is 1. The van der Waals surface area contributed by atoms with Gasteiger partial charge in [0.05, 0.1) is 13.6 Å². The summed E-state index contributed by atoms with van der Waals surface area (Å²) >= 11 is 0. The molecular formula is C25H35N3O5. The second kappa shape index (κ2) is 8.31. The summed E-state index contributed by atoms with van der Waals surface area (Å²) in [6.07, 6.45) is 0.910. The Labute approximate surface area is 195 Å². The number of rotatable bonds is 3. The van der Waals surface area contributed by atoms with Crippen molar-refractivity contribution in [3.63, 3.8) is 0 Å². The molecule has 1 unspecified atom stereocenters. The monoisotopic (exact) mass is 457 g/mol. The smallest absolute Gasteiger partial charge is 0.316 e. The van der Waals surface area contributed by atoms with Crippen LogP contribution >= 0.6 is 0 Å². The van der Waals surface area contributed by atoms with Gasteiger partial charge in [-0.3, -0.25) is 14.1 Å². The molecule has 180 valence electrons. The van der Waals surface area contributed by atoms with E-state index in [0.717, 1.165) is 18.5 Å². The summed E-state index contributed by atoms with van der Waals surface area (Å²) in [6, 6.07) is 8.97. The molecule has 2 saturated heterocycles. The first kappa shape index (κ1) is 23.5. The maximum atomic E-state index is 13.8. The van der Waals surface area contributed by atoms with Crippen LogP contribution in [0.4, 0.5) is 10.5 Å². The minimum absolute atomic E-state index is 0.223. The lowest BCUT2D eigenvalue weighted by atomic mass is 9.78.